The van der Waals surface area contributed by atoms with Crippen molar-refractivity contribution in [2.75, 3.05) is 55.2 Å². The summed E-state index contributed by atoms with van der Waals surface area (Å²) in [5, 5.41) is 35.3. The molecule has 0 radical (unpaired) electrons. The first kappa shape index (κ1) is 95.3. The molecule has 654 valence electrons. The lowest BCUT2D eigenvalue weighted by atomic mass is 9.80. The maximum absolute atomic E-state index is 14.6. The summed E-state index contributed by atoms with van der Waals surface area (Å²) in [7, 11) is 5.32. The molecule has 30 heteroatoms. The Balaban J connectivity index is 0.000000196. The number of ether oxygens (including phenoxy) is 8. The average molecular weight is 1710 g/mol. The number of benzene rings is 9. The fourth-order valence-corrected chi connectivity index (χ4v) is 14.4. The molecule has 0 fully saturated rings. The second-order valence-corrected chi connectivity index (χ2v) is 32.0. The number of hydrogen-bond acceptors (Lipinski definition) is 16. The SMILES string of the molecule is CNC(=O)c1ccc(-c2ccc(C(F)(F)F)c(C(OC(C)(C)C)C(=O)O)c2-c2ccc3c(c2)CCCO3)cc1.CNC(=O)c1ccc(-c2ccc(C(F)(F)F)c(C(OC(C)(C)C)C(=O)OC)c2-c2ccc3c(c2)CCCO3)cc1.CNC(=O)c1ccc(B(O)O)cc1.COC(=O)C(OC(C)(C)C)c1c(C(F)(F)F)ccc(C)c1-c1ccc2c(c1)CCCO2. The molecule has 3 aliphatic rings. The third kappa shape index (κ3) is 24.0. The molecule has 12 rings (SSSR count). The maximum atomic E-state index is 14.6. The van der Waals surface area contributed by atoms with Crippen LogP contribution in [0.15, 0.2) is 164 Å². The van der Waals surface area contributed by atoms with E-state index in [1.807, 2.05) is 6.07 Å². The zero-order valence-corrected chi connectivity index (χ0v) is 70.7. The highest BCUT2D eigenvalue weighted by Crippen LogP contribution is 2.51. The molecule has 3 aliphatic heterocycles. The van der Waals surface area contributed by atoms with E-state index < -0.39 is 101 Å². The molecule has 9 aromatic rings. The van der Waals surface area contributed by atoms with Gasteiger partial charge in [-0.15, -0.1) is 0 Å². The molecule has 3 heterocycles. The van der Waals surface area contributed by atoms with E-state index in [0.717, 1.165) is 80.5 Å². The van der Waals surface area contributed by atoms with Gasteiger partial charge < -0.3 is 69.0 Å². The fourth-order valence-electron chi connectivity index (χ4n) is 14.4. The summed E-state index contributed by atoms with van der Waals surface area (Å²) in [5.41, 5.74) is 1.86. The summed E-state index contributed by atoms with van der Waals surface area (Å²) in [6.45, 7) is 18.2. The summed E-state index contributed by atoms with van der Waals surface area (Å²) in [4.78, 5) is 73.5. The van der Waals surface area contributed by atoms with E-state index in [4.69, 9.17) is 47.9 Å². The number of methoxy groups -OCH3 is 2. The van der Waals surface area contributed by atoms with Crippen molar-refractivity contribution < 1.29 is 121 Å². The van der Waals surface area contributed by atoms with Gasteiger partial charge in [0.1, 0.15) is 17.2 Å². The van der Waals surface area contributed by atoms with Crippen LogP contribution in [0, 0.1) is 6.92 Å². The number of alkyl halides is 9. The lowest BCUT2D eigenvalue weighted by Gasteiger charge is -2.31. The zero-order valence-electron chi connectivity index (χ0n) is 70.7. The van der Waals surface area contributed by atoms with Gasteiger partial charge in [0, 0.05) is 54.5 Å². The van der Waals surface area contributed by atoms with Crippen molar-refractivity contribution in [3.05, 3.63) is 236 Å². The molecule has 3 atom stereocenters. The second kappa shape index (κ2) is 39.7. The Morgan fingerprint density at radius 3 is 0.967 bits per heavy atom. The van der Waals surface area contributed by atoms with Gasteiger partial charge >= 0.3 is 43.6 Å². The zero-order chi connectivity index (χ0) is 90.6. The van der Waals surface area contributed by atoms with Crippen molar-refractivity contribution in [3.63, 3.8) is 0 Å². The molecule has 123 heavy (non-hydrogen) atoms. The van der Waals surface area contributed by atoms with Crippen LogP contribution in [0.25, 0.3) is 55.6 Å². The molecule has 0 aromatic heterocycles. The number of hydrogen-bond donors (Lipinski definition) is 6. The van der Waals surface area contributed by atoms with E-state index >= 15 is 0 Å². The van der Waals surface area contributed by atoms with Gasteiger partial charge in [0.25, 0.3) is 17.7 Å². The Morgan fingerprint density at radius 2 is 0.675 bits per heavy atom. The van der Waals surface area contributed by atoms with Gasteiger partial charge in [-0.3, -0.25) is 14.4 Å². The maximum Gasteiger partial charge on any atom is 0.488 e. The largest absolute Gasteiger partial charge is 0.493 e. The number of amides is 3. The molecular weight excluding hydrogens is 1610 g/mol. The molecule has 0 aliphatic carbocycles. The predicted octanol–water partition coefficient (Wildman–Crippen LogP) is 18.2. The highest BCUT2D eigenvalue weighted by Gasteiger charge is 2.46. The van der Waals surface area contributed by atoms with Gasteiger partial charge in [-0.2, -0.15) is 39.5 Å². The Morgan fingerprint density at radius 1 is 0.390 bits per heavy atom. The van der Waals surface area contributed by atoms with Crippen LogP contribution in [0.4, 0.5) is 39.5 Å². The summed E-state index contributed by atoms with van der Waals surface area (Å²) >= 11 is 0. The summed E-state index contributed by atoms with van der Waals surface area (Å²) in [6.07, 6.45) is -14.9. The third-order valence-corrected chi connectivity index (χ3v) is 19.8. The van der Waals surface area contributed by atoms with Crippen LogP contribution >= 0.6 is 0 Å². The van der Waals surface area contributed by atoms with Crippen molar-refractivity contribution in [2.24, 2.45) is 0 Å². The van der Waals surface area contributed by atoms with E-state index in [-0.39, 0.29) is 40.0 Å². The Hall–Kier alpha value is -11.6. The molecule has 20 nitrogen and oxygen atoms in total. The molecule has 3 amide bonds. The molecule has 6 N–H and O–H groups in total. The molecule has 3 unspecified atom stereocenters. The lowest BCUT2D eigenvalue weighted by Crippen LogP contribution is -2.30. The lowest BCUT2D eigenvalue weighted by molar-refractivity contribution is -0.167. The highest BCUT2D eigenvalue weighted by atomic mass is 19.4. The van der Waals surface area contributed by atoms with Crippen LogP contribution < -0.4 is 35.6 Å². The van der Waals surface area contributed by atoms with Gasteiger partial charge in [0.05, 0.1) is 67.5 Å². The van der Waals surface area contributed by atoms with Gasteiger partial charge in [0.15, 0.2) is 18.3 Å². The number of nitrogens with one attached hydrogen (secondary N) is 3. The second-order valence-electron chi connectivity index (χ2n) is 32.0. The molecular formula is C93H99BF9N3O17. The average Bonchev–Trinajstić information content (AvgIpc) is 0.749. The van der Waals surface area contributed by atoms with Gasteiger partial charge in [-0.25, -0.2) is 14.4 Å². The monoisotopic (exact) mass is 1710 g/mol. The number of carbonyl (C=O) groups is 6. The van der Waals surface area contributed by atoms with Crippen LogP contribution in [0.3, 0.4) is 0 Å². The molecule has 9 aromatic carbocycles. The topological polar surface area (TPSA) is 273 Å². The van der Waals surface area contributed by atoms with E-state index in [2.05, 4.69) is 16.0 Å². The van der Waals surface area contributed by atoms with Gasteiger partial charge in [-0.1, -0.05) is 72.8 Å². The first-order chi connectivity index (χ1) is 57.7. The standard InChI is InChI=1S/C31H32F3NO5.C30H30F3NO5.C24H27F3O4.C8H10BNO3/c1-30(2,3)40-27(29(37)38-5)26-23(31(32,33)34)14-13-22(18-8-10-19(11-9-18)28(36)35-4)25(26)21-12-15-24-20(17-21)7-6-16-39-24;1-29(2,3)39-26(28(36)37)25-22(30(31,32)33)13-12-21(17-7-9-18(10-8-17)27(35)34-4)24(25)20-11-14-23-19(16-20)6-5-15-38-23;1-14-8-10-17(24(25,26)27)20(21(22(28)29-5)31-23(2,3)4)19(14)16-9-11-18-15(13-16)7-6-12-30-18;1-10-8(11)6-2-4-7(5-3-6)9(12)13/h8-15,17,27H,6-7,16H2,1-5H3,(H,35,36);7-14,16,26H,5-6,15H2,1-4H3,(H,34,35)(H,36,37);8-11,13,21H,6-7,12H2,1-5H3;2-5,12-13H,1H3,(H,10,11). The number of fused-ring (bicyclic) bond motifs is 3. The Kier molecular flexibility index (Phi) is 30.8. The predicted molar refractivity (Wildman–Crippen MR) is 447 cm³/mol. The number of esters is 2. The van der Waals surface area contributed by atoms with E-state index in [9.17, 15) is 73.4 Å². The molecule has 0 saturated heterocycles. The number of aliphatic carboxylic acids is 1. The molecule has 0 bridgehead atoms. The van der Waals surface area contributed by atoms with Crippen molar-refractivity contribution in [1.82, 2.24) is 16.0 Å². The normalized spacial score (nSPS) is 13.9. The van der Waals surface area contributed by atoms with Crippen LogP contribution in [0.1, 0.15) is 187 Å². The minimum absolute atomic E-state index is 0.0996. The van der Waals surface area contributed by atoms with Gasteiger partial charge in [0.2, 0.25) is 0 Å². The minimum Gasteiger partial charge on any atom is -0.493 e. The van der Waals surface area contributed by atoms with Crippen LogP contribution in [-0.4, -0.2) is 130 Å². The van der Waals surface area contributed by atoms with Crippen molar-refractivity contribution in [1.29, 1.82) is 0 Å². The van der Waals surface area contributed by atoms with Crippen molar-refractivity contribution in [3.8, 4) is 72.9 Å². The number of carbonyl (C=O) groups excluding carboxylic acids is 5. The van der Waals surface area contributed by atoms with Gasteiger partial charge in [-0.05, 0) is 282 Å². The van der Waals surface area contributed by atoms with Crippen molar-refractivity contribution in [2.45, 2.75) is 161 Å². The van der Waals surface area contributed by atoms with E-state index in [1.54, 1.807) is 166 Å². The van der Waals surface area contributed by atoms with E-state index in [0.29, 0.717) is 116 Å². The highest BCUT2D eigenvalue weighted by molar-refractivity contribution is 6.58. The smallest absolute Gasteiger partial charge is 0.488 e. The van der Waals surface area contributed by atoms with Crippen LogP contribution in [0.5, 0.6) is 17.2 Å². The molecule has 0 spiro atoms. The first-order valence-corrected chi connectivity index (χ1v) is 39.4. The quantitative estimate of drug-likeness (QED) is 0.0265. The number of carboxylic acids is 1. The first-order valence-electron chi connectivity index (χ1n) is 39.4. The Labute approximate surface area is 707 Å². The number of halogens is 9. The number of aryl methyl sites for hydroxylation is 4. The number of rotatable bonds is 18. The summed E-state index contributed by atoms with van der Waals surface area (Å²) in [5.74, 6) is -2.11. The van der Waals surface area contributed by atoms with E-state index in [1.165, 1.54) is 63.6 Å². The minimum atomic E-state index is -4.85. The summed E-state index contributed by atoms with van der Waals surface area (Å²) in [6, 6.07) is 41.6. The fraction of sp³-hybridized carbons (Fsp3) is 0.355. The number of carboxylic acid groups (broad SMARTS) is 1. The van der Waals surface area contributed by atoms with Crippen LogP contribution in [-0.2, 0) is 75.9 Å². The van der Waals surface area contributed by atoms with Crippen LogP contribution in [0.2, 0.25) is 0 Å². The Bertz CT molecular complexity index is 5310. The molecule has 0 saturated carbocycles. The van der Waals surface area contributed by atoms with Crippen molar-refractivity contribution >= 4 is 48.2 Å². The third-order valence-electron chi connectivity index (χ3n) is 19.8. The summed E-state index contributed by atoms with van der Waals surface area (Å²) < 4.78 is 174.